The average molecular weight is 309 g/mol. The van der Waals surface area contributed by atoms with Crippen molar-refractivity contribution in [2.24, 2.45) is 5.73 Å². The Bertz CT molecular complexity index is 724. The maximum Gasteiger partial charge on any atom is 0.586 e. The Labute approximate surface area is 123 Å². The van der Waals surface area contributed by atoms with Gasteiger partial charge in [0.05, 0.1) is 5.69 Å². The quantitative estimate of drug-likeness (QED) is 0.850. The van der Waals surface area contributed by atoms with Crippen LogP contribution < -0.4 is 20.5 Å². The van der Waals surface area contributed by atoms with E-state index in [1.165, 1.54) is 18.3 Å². The van der Waals surface area contributed by atoms with Crippen LogP contribution in [-0.2, 0) is 0 Å². The zero-order valence-electron chi connectivity index (χ0n) is 10.5. The van der Waals surface area contributed by atoms with Gasteiger partial charge >= 0.3 is 6.29 Å². The van der Waals surface area contributed by atoms with Crippen LogP contribution in [0.2, 0.25) is 0 Å². The molecule has 0 saturated heterocycles. The number of aromatic nitrogens is 1. The second kappa shape index (κ2) is 4.81. The summed E-state index contributed by atoms with van der Waals surface area (Å²) in [5, 5.41) is 3.02. The normalized spacial score (nSPS) is 14.8. The van der Waals surface area contributed by atoms with Gasteiger partial charge in [0.1, 0.15) is 4.99 Å². The third-order valence-electron chi connectivity index (χ3n) is 2.70. The van der Waals surface area contributed by atoms with Crippen molar-refractivity contribution >= 4 is 28.6 Å². The Morgan fingerprint density at radius 1 is 1.14 bits per heavy atom. The fraction of sp³-hybridized carbons (Fsp3) is 0.0769. The Kier molecular flexibility index (Phi) is 3.09. The lowest BCUT2D eigenvalue weighted by Gasteiger charge is -2.08. The highest BCUT2D eigenvalue weighted by molar-refractivity contribution is 7.80. The maximum absolute atomic E-state index is 12.9. The number of alkyl halides is 2. The van der Waals surface area contributed by atoms with E-state index in [1.807, 2.05) is 0 Å². The predicted molar refractivity (Wildman–Crippen MR) is 76.1 cm³/mol. The molecule has 0 aliphatic carbocycles. The molecule has 0 unspecified atom stereocenters. The van der Waals surface area contributed by atoms with Crippen LogP contribution in [0.3, 0.4) is 0 Å². The SMILES string of the molecule is NC(=S)c1cc(Nc2ccc3c(c2)OC(F)(F)O3)ccn1. The van der Waals surface area contributed by atoms with Crippen molar-refractivity contribution in [1.82, 2.24) is 4.98 Å². The van der Waals surface area contributed by atoms with Crippen molar-refractivity contribution in [2.75, 3.05) is 5.32 Å². The highest BCUT2D eigenvalue weighted by Gasteiger charge is 2.43. The number of anilines is 2. The molecule has 1 aliphatic rings. The maximum atomic E-state index is 12.9. The van der Waals surface area contributed by atoms with Crippen LogP contribution in [0.5, 0.6) is 11.5 Å². The molecule has 0 saturated carbocycles. The molecule has 2 heterocycles. The molecule has 2 aromatic rings. The molecule has 8 heteroatoms. The largest absolute Gasteiger partial charge is 0.586 e. The number of ether oxygens (including phenoxy) is 2. The summed E-state index contributed by atoms with van der Waals surface area (Å²) in [4.78, 5) is 4.18. The molecule has 0 radical (unpaired) electrons. The van der Waals surface area contributed by atoms with E-state index >= 15 is 0 Å². The minimum atomic E-state index is -3.63. The smallest absolute Gasteiger partial charge is 0.395 e. The zero-order valence-corrected chi connectivity index (χ0v) is 11.3. The van der Waals surface area contributed by atoms with Gasteiger partial charge in [0.2, 0.25) is 0 Å². The highest BCUT2D eigenvalue weighted by atomic mass is 32.1. The van der Waals surface area contributed by atoms with Crippen molar-refractivity contribution in [1.29, 1.82) is 0 Å². The number of nitrogens with two attached hydrogens (primary N) is 1. The first-order valence-electron chi connectivity index (χ1n) is 5.86. The summed E-state index contributed by atoms with van der Waals surface area (Å²) in [6.45, 7) is 0. The monoisotopic (exact) mass is 309 g/mol. The van der Waals surface area contributed by atoms with Gasteiger partial charge in [0, 0.05) is 23.6 Å². The topological polar surface area (TPSA) is 69.4 Å². The molecule has 5 nitrogen and oxygen atoms in total. The number of nitrogens with zero attached hydrogens (tertiary/aromatic N) is 1. The number of halogens is 2. The van der Waals surface area contributed by atoms with Gasteiger partial charge in [-0.05, 0) is 24.3 Å². The molecule has 3 rings (SSSR count). The first-order valence-corrected chi connectivity index (χ1v) is 6.26. The van der Waals surface area contributed by atoms with E-state index in [2.05, 4.69) is 19.8 Å². The molecule has 0 fully saturated rings. The minimum absolute atomic E-state index is 0.0101. The van der Waals surface area contributed by atoms with Gasteiger partial charge in [-0.1, -0.05) is 12.2 Å². The number of hydrogen-bond acceptors (Lipinski definition) is 5. The lowest BCUT2D eigenvalue weighted by Crippen LogP contribution is -2.25. The van der Waals surface area contributed by atoms with Crippen LogP contribution in [0, 0.1) is 0 Å². The van der Waals surface area contributed by atoms with Gasteiger partial charge in [0.15, 0.2) is 11.5 Å². The molecule has 1 aromatic heterocycles. The van der Waals surface area contributed by atoms with Crippen molar-refractivity contribution in [3.8, 4) is 11.5 Å². The first-order chi connectivity index (χ1) is 9.93. The second-order valence-corrected chi connectivity index (χ2v) is 4.69. The molecular formula is C13H9F2N3O2S. The number of hydrogen-bond donors (Lipinski definition) is 2. The number of rotatable bonds is 3. The van der Waals surface area contributed by atoms with Gasteiger partial charge in [-0.25, -0.2) is 0 Å². The Hall–Kier alpha value is -2.48. The fourth-order valence-electron chi connectivity index (χ4n) is 1.84. The summed E-state index contributed by atoms with van der Waals surface area (Å²) in [7, 11) is 0. The van der Waals surface area contributed by atoms with Crippen LogP contribution in [0.4, 0.5) is 20.2 Å². The molecule has 0 spiro atoms. The van der Waals surface area contributed by atoms with E-state index in [1.54, 1.807) is 18.2 Å². The third kappa shape index (κ3) is 2.84. The summed E-state index contributed by atoms with van der Waals surface area (Å²) in [6.07, 6.45) is -2.09. The predicted octanol–water partition coefficient (Wildman–Crippen LogP) is 2.78. The van der Waals surface area contributed by atoms with Crippen LogP contribution in [0.25, 0.3) is 0 Å². The molecular weight excluding hydrogens is 300 g/mol. The molecule has 1 aliphatic heterocycles. The van der Waals surface area contributed by atoms with E-state index in [-0.39, 0.29) is 16.5 Å². The zero-order chi connectivity index (χ0) is 15.0. The first kappa shape index (κ1) is 13.5. The Balaban J connectivity index is 1.84. The average Bonchev–Trinajstić information content (AvgIpc) is 2.72. The van der Waals surface area contributed by atoms with Crippen molar-refractivity contribution in [3.63, 3.8) is 0 Å². The van der Waals surface area contributed by atoms with Gasteiger partial charge < -0.3 is 20.5 Å². The number of fused-ring (bicyclic) bond motifs is 1. The molecule has 0 atom stereocenters. The van der Waals surface area contributed by atoms with Crippen molar-refractivity contribution in [3.05, 3.63) is 42.2 Å². The van der Waals surface area contributed by atoms with E-state index in [9.17, 15) is 8.78 Å². The Morgan fingerprint density at radius 3 is 2.62 bits per heavy atom. The highest BCUT2D eigenvalue weighted by Crippen LogP contribution is 2.42. The fourth-order valence-corrected chi connectivity index (χ4v) is 1.95. The number of benzene rings is 1. The van der Waals surface area contributed by atoms with Gasteiger partial charge in [-0.15, -0.1) is 8.78 Å². The van der Waals surface area contributed by atoms with Gasteiger partial charge in [-0.2, -0.15) is 0 Å². The summed E-state index contributed by atoms with van der Waals surface area (Å²) in [5.74, 6) is -0.0438. The standard InChI is InChI=1S/C13H9F2N3O2S/c14-13(15)19-10-2-1-7(6-11(10)20-13)18-8-3-4-17-9(5-8)12(16)21/h1-6H,(H2,16,21)(H,17,18). The molecule has 1 aromatic carbocycles. The summed E-state index contributed by atoms with van der Waals surface area (Å²) >= 11 is 4.84. The summed E-state index contributed by atoms with van der Waals surface area (Å²) in [5.41, 5.74) is 7.18. The molecule has 0 amide bonds. The number of nitrogens with one attached hydrogen (secondary N) is 1. The van der Waals surface area contributed by atoms with E-state index in [0.717, 1.165) is 0 Å². The number of pyridine rings is 1. The van der Waals surface area contributed by atoms with E-state index in [4.69, 9.17) is 18.0 Å². The second-order valence-electron chi connectivity index (χ2n) is 4.25. The number of thiocarbonyl (C=S) groups is 1. The van der Waals surface area contributed by atoms with Crippen LogP contribution in [0.15, 0.2) is 36.5 Å². The van der Waals surface area contributed by atoms with Crippen molar-refractivity contribution < 1.29 is 18.3 Å². The van der Waals surface area contributed by atoms with E-state index < -0.39 is 6.29 Å². The lowest BCUT2D eigenvalue weighted by atomic mass is 10.2. The molecule has 108 valence electrons. The molecule has 0 bridgehead atoms. The lowest BCUT2D eigenvalue weighted by molar-refractivity contribution is -0.286. The van der Waals surface area contributed by atoms with Gasteiger partial charge in [0.25, 0.3) is 0 Å². The van der Waals surface area contributed by atoms with Crippen LogP contribution in [0.1, 0.15) is 5.69 Å². The molecule has 3 N–H and O–H groups in total. The van der Waals surface area contributed by atoms with Gasteiger partial charge in [-0.3, -0.25) is 4.98 Å². The third-order valence-corrected chi connectivity index (χ3v) is 2.91. The molecule has 21 heavy (non-hydrogen) atoms. The van der Waals surface area contributed by atoms with E-state index in [0.29, 0.717) is 17.1 Å². The summed E-state index contributed by atoms with van der Waals surface area (Å²) in [6, 6.07) is 7.75. The van der Waals surface area contributed by atoms with Crippen LogP contribution >= 0.6 is 12.2 Å². The van der Waals surface area contributed by atoms with Crippen molar-refractivity contribution in [2.45, 2.75) is 6.29 Å². The Morgan fingerprint density at radius 2 is 1.86 bits per heavy atom. The minimum Gasteiger partial charge on any atom is -0.395 e. The summed E-state index contributed by atoms with van der Waals surface area (Å²) < 4.78 is 34.6. The van der Waals surface area contributed by atoms with Crippen LogP contribution in [-0.4, -0.2) is 16.3 Å².